The molecule has 5 aromatic carbocycles. The molecule has 8 bridgehead atoms. The third-order valence-electron chi connectivity index (χ3n) is 10.1. The lowest BCUT2D eigenvalue weighted by Crippen LogP contribution is -2.16. The number of nitrogens with one attached hydrogen (secondary N) is 2. The average molecular weight is 891 g/mol. The Hall–Kier alpha value is -7.98. The van der Waals surface area contributed by atoms with Crippen LogP contribution in [0.3, 0.4) is 0 Å². The summed E-state index contributed by atoms with van der Waals surface area (Å²) < 4.78 is 65.8. The van der Waals surface area contributed by atoms with Gasteiger partial charge >= 0.3 is 0 Å². The van der Waals surface area contributed by atoms with Gasteiger partial charge in [0.1, 0.15) is 4.90 Å². The van der Waals surface area contributed by atoms with Gasteiger partial charge in [-0.3, -0.25) is 9.27 Å². The van der Waals surface area contributed by atoms with Gasteiger partial charge in [0.2, 0.25) is 17.2 Å². The van der Waals surface area contributed by atoms with Crippen LogP contribution in [0.25, 0.3) is 0 Å². The summed E-state index contributed by atoms with van der Waals surface area (Å²) in [6.45, 7) is 0. The van der Waals surface area contributed by atoms with E-state index in [1.807, 2.05) is 72.8 Å². The molecule has 6 heterocycles. The van der Waals surface area contributed by atoms with Crippen molar-refractivity contribution in [1.82, 2.24) is 15.0 Å². The van der Waals surface area contributed by atoms with Crippen molar-refractivity contribution in [2.75, 3.05) is 15.8 Å². The van der Waals surface area contributed by atoms with E-state index in [0.29, 0.717) is 57.0 Å². The fourth-order valence-corrected chi connectivity index (χ4v) is 9.28. The number of hydrogen-bond acceptors (Lipinski definition) is 17. The molecule has 0 fully saturated rings. The molecule has 5 N–H and O–H groups in total. The number of anilines is 4. The minimum atomic E-state index is -4.95. The first-order valence-electron chi connectivity index (χ1n) is 18.6. The van der Waals surface area contributed by atoms with Gasteiger partial charge < -0.3 is 11.1 Å². The van der Waals surface area contributed by atoms with Gasteiger partial charge in [0, 0.05) is 50.2 Å². The van der Waals surface area contributed by atoms with Crippen LogP contribution in [0.5, 0.6) is 0 Å². The summed E-state index contributed by atoms with van der Waals surface area (Å²) in [4.78, 5) is 49.5. The SMILES string of the molecule is Nc1nc(Cl)nc(Nc2ccc(S(=O)(=O)O)c(NS(=O)(=O)c3ccc4c(c3)C3=NC4=NC4=NC(=NC5=NC(=NC6=NC(=N3)c3ccccc36)c3ccccc35)c3ccccc34)c2)n1. The molecule has 0 amide bonds. The van der Waals surface area contributed by atoms with E-state index in [1.165, 1.54) is 24.3 Å². The second-order valence-electron chi connectivity index (χ2n) is 14.0. The summed E-state index contributed by atoms with van der Waals surface area (Å²) in [6.07, 6.45) is 0. The number of nitrogen functional groups attached to an aromatic ring is 1. The predicted molar refractivity (Wildman–Crippen MR) is 238 cm³/mol. The van der Waals surface area contributed by atoms with Crippen LogP contribution in [0, 0.1) is 0 Å². The molecule has 306 valence electrons. The van der Waals surface area contributed by atoms with Crippen LogP contribution in [0.1, 0.15) is 44.5 Å². The monoisotopic (exact) mass is 890 g/mol. The van der Waals surface area contributed by atoms with E-state index in [-0.39, 0.29) is 50.8 Å². The van der Waals surface area contributed by atoms with Crippen LogP contribution in [-0.4, -0.2) is 83.0 Å². The van der Waals surface area contributed by atoms with Crippen molar-refractivity contribution in [2.45, 2.75) is 9.79 Å². The average Bonchev–Trinajstić information content (AvgIpc) is 3.98. The molecule has 0 unspecified atom stereocenters. The van der Waals surface area contributed by atoms with Crippen molar-refractivity contribution in [3.05, 3.63) is 159 Å². The Morgan fingerprint density at radius 3 is 1.32 bits per heavy atom. The first-order valence-corrected chi connectivity index (χ1v) is 21.9. The Bertz CT molecular complexity index is 3570. The number of aromatic nitrogens is 3. The van der Waals surface area contributed by atoms with E-state index in [9.17, 15) is 21.4 Å². The number of hydrogen-bond donors (Lipinski definition) is 4. The molecule has 0 atom stereocenters. The molecule has 5 aliphatic rings. The normalized spacial score (nSPS) is 15.6. The molecule has 1 aromatic heterocycles. The number of amidine groups is 8. The van der Waals surface area contributed by atoms with Gasteiger partial charge in [0.15, 0.2) is 46.7 Å². The largest absolute Gasteiger partial charge is 0.368 e. The zero-order chi connectivity index (χ0) is 43.2. The Morgan fingerprint density at radius 1 is 0.492 bits per heavy atom. The van der Waals surface area contributed by atoms with E-state index >= 15 is 0 Å². The zero-order valence-corrected chi connectivity index (χ0v) is 34.1. The number of sulfonamides is 1. The molecule has 11 rings (SSSR count). The van der Waals surface area contributed by atoms with Gasteiger partial charge in [-0.25, -0.2) is 48.4 Å². The highest BCUT2D eigenvalue weighted by Crippen LogP contribution is 2.33. The molecule has 6 aromatic rings. The number of rotatable bonds is 6. The number of nitrogens with two attached hydrogens (primary N) is 1. The molecular weight excluding hydrogens is 868 g/mol. The van der Waals surface area contributed by atoms with Crippen LogP contribution in [0.4, 0.5) is 23.3 Å². The van der Waals surface area contributed by atoms with Crippen LogP contribution in [-0.2, 0) is 20.1 Å². The van der Waals surface area contributed by atoms with E-state index in [1.54, 1.807) is 0 Å². The molecule has 19 nitrogen and oxygen atoms in total. The molecular formula is C41H23ClN14O5S2. The predicted octanol–water partition coefficient (Wildman–Crippen LogP) is 5.04. The quantitative estimate of drug-likeness (QED) is 0.162. The van der Waals surface area contributed by atoms with Crippen molar-refractivity contribution in [3.8, 4) is 0 Å². The van der Waals surface area contributed by atoms with E-state index < -0.39 is 30.7 Å². The van der Waals surface area contributed by atoms with Crippen molar-refractivity contribution < 1.29 is 21.4 Å². The van der Waals surface area contributed by atoms with Gasteiger partial charge in [-0.1, -0.05) is 72.8 Å². The minimum absolute atomic E-state index is 0.0720. The van der Waals surface area contributed by atoms with Crippen molar-refractivity contribution in [1.29, 1.82) is 0 Å². The number of nitrogens with zero attached hydrogens (tertiary/aromatic N) is 11. The Labute approximate surface area is 361 Å². The van der Waals surface area contributed by atoms with Gasteiger partial charge in [-0.15, -0.1) is 0 Å². The first-order chi connectivity index (χ1) is 30.3. The van der Waals surface area contributed by atoms with Gasteiger partial charge in [-0.2, -0.15) is 23.4 Å². The highest BCUT2D eigenvalue weighted by molar-refractivity contribution is 7.93. The van der Waals surface area contributed by atoms with Crippen LogP contribution in [0.15, 0.2) is 159 Å². The molecule has 63 heavy (non-hydrogen) atoms. The maximum atomic E-state index is 14.2. The van der Waals surface area contributed by atoms with Crippen LogP contribution in [0.2, 0.25) is 5.28 Å². The lowest BCUT2D eigenvalue weighted by Gasteiger charge is -2.14. The van der Waals surface area contributed by atoms with Crippen LogP contribution < -0.4 is 15.8 Å². The molecule has 0 saturated carbocycles. The fraction of sp³-hybridized carbons (Fsp3) is 0. The second kappa shape index (κ2) is 14.0. The van der Waals surface area contributed by atoms with Crippen molar-refractivity contribution in [3.63, 3.8) is 0 Å². The van der Waals surface area contributed by atoms with Gasteiger partial charge in [0.25, 0.3) is 20.1 Å². The van der Waals surface area contributed by atoms with E-state index in [4.69, 9.17) is 57.3 Å². The third-order valence-corrected chi connectivity index (χ3v) is 12.5. The number of halogens is 1. The lowest BCUT2D eigenvalue weighted by atomic mass is 10.1. The smallest absolute Gasteiger partial charge is 0.296 e. The van der Waals surface area contributed by atoms with E-state index in [2.05, 4.69) is 25.0 Å². The number of benzene rings is 5. The van der Waals surface area contributed by atoms with Gasteiger partial charge in [0.05, 0.1) is 10.6 Å². The summed E-state index contributed by atoms with van der Waals surface area (Å²) in [5.41, 5.74) is 10.2. The second-order valence-corrected chi connectivity index (χ2v) is 17.4. The molecule has 0 radical (unpaired) electrons. The Morgan fingerprint density at radius 2 is 0.905 bits per heavy atom. The standard InChI is InChI=1S/C41H23ClN14O5S2/c42-39-53-40(43)55-41(54-39)44-19-13-16-30(63(59,60)61)29(17-19)56-62(57,58)20-14-15-27-28(18-20)38-51-36-26-12-6-5-11-25(26)34(49-36)47-32-22-8-2-1-7-21(22)31(45-32)46-33-23-9-3-4-10-24(23)35(48-33)50-37(27)52-38/h1-18,56H,(H,59,60,61)(H3,43,44,53,54,55). The molecule has 0 spiro atoms. The first kappa shape index (κ1) is 38.0. The van der Waals surface area contributed by atoms with Crippen LogP contribution >= 0.6 is 11.6 Å². The lowest BCUT2D eigenvalue weighted by molar-refractivity contribution is 0.483. The highest BCUT2D eigenvalue weighted by Gasteiger charge is 2.32. The summed E-state index contributed by atoms with van der Waals surface area (Å²) >= 11 is 5.90. The summed E-state index contributed by atoms with van der Waals surface area (Å²) in [6, 6.07) is 30.0. The molecule has 5 aliphatic heterocycles. The summed E-state index contributed by atoms with van der Waals surface area (Å²) in [5, 5.41) is 2.53. The number of fused-ring (bicyclic) bond motifs is 16. The fourth-order valence-electron chi connectivity index (χ4n) is 7.32. The van der Waals surface area contributed by atoms with Gasteiger partial charge in [-0.05, 0) is 48.0 Å². The minimum Gasteiger partial charge on any atom is -0.368 e. The Kier molecular flexibility index (Phi) is 8.46. The zero-order valence-electron chi connectivity index (χ0n) is 31.7. The van der Waals surface area contributed by atoms with Crippen molar-refractivity contribution in [2.24, 2.45) is 39.9 Å². The molecule has 0 saturated heterocycles. The maximum Gasteiger partial charge on any atom is 0.296 e. The molecule has 22 heteroatoms. The highest BCUT2D eigenvalue weighted by atomic mass is 35.5. The van der Waals surface area contributed by atoms with E-state index in [0.717, 1.165) is 23.3 Å². The maximum absolute atomic E-state index is 14.2. The summed E-state index contributed by atoms with van der Waals surface area (Å²) in [7, 11) is -9.58. The molecule has 0 aliphatic carbocycles. The summed E-state index contributed by atoms with van der Waals surface area (Å²) in [5.74, 6) is 1.99. The van der Waals surface area contributed by atoms with Crippen molar-refractivity contribution >= 4 is 102 Å². The number of aliphatic imine (C=N–C) groups is 8. The Balaban J connectivity index is 1.05. The topological polar surface area (TPSA) is 276 Å². The third kappa shape index (κ3) is 6.67.